The van der Waals surface area contributed by atoms with E-state index in [0.717, 1.165) is 47.8 Å². The zero-order chi connectivity index (χ0) is 13.6. The van der Waals surface area contributed by atoms with Gasteiger partial charge in [-0.3, -0.25) is 0 Å². The van der Waals surface area contributed by atoms with Gasteiger partial charge < -0.3 is 5.32 Å². The second-order valence-electron chi connectivity index (χ2n) is 4.91. The summed E-state index contributed by atoms with van der Waals surface area (Å²) in [5, 5.41) is 4.90. The van der Waals surface area contributed by atoms with Crippen molar-refractivity contribution >= 4 is 23.2 Å². The van der Waals surface area contributed by atoms with Crippen LogP contribution in [0.15, 0.2) is 18.2 Å². The normalized spacial score (nSPS) is 11.8. The lowest BCUT2D eigenvalue weighted by Crippen LogP contribution is -2.37. The molecule has 1 aromatic carbocycles. The third kappa shape index (κ3) is 3.40. The van der Waals surface area contributed by atoms with Gasteiger partial charge in [-0.25, -0.2) is 0 Å². The van der Waals surface area contributed by atoms with Crippen molar-refractivity contribution in [2.24, 2.45) is 0 Å². The molecule has 0 heterocycles. The molecule has 0 aromatic heterocycles. The van der Waals surface area contributed by atoms with Crippen LogP contribution < -0.4 is 5.32 Å². The molecule has 0 amide bonds. The maximum absolute atomic E-state index is 6.41. The maximum atomic E-state index is 6.41. The smallest absolute Gasteiger partial charge is 0.0459 e. The van der Waals surface area contributed by atoms with Crippen LogP contribution in [0, 0.1) is 0 Å². The van der Waals surface area contributed by atoms with E-state index < -0.39 is 0 Å². The van der Waals surface area contributed by atoms with Crippen LogP contribution in [0.4, 0.5) is 0 Å². The summed E-state index contributed by atoms with van der Waals surface area (Å²) in [6, 6.07) is 5.80. The minimum Gasteiger partial charge on any atom is -0.319 e. The minimum atomic E-state index is 0.0493. The molecular formula is C15H23Cl2N. The van der Waals surface area contributed by atoms with Gasteiger partial charge in [0.1, 0.15) is 0 Å². The predicted octanol–water partition coefficient (Wildman–Crippen LogP) is 5.05. The molecule has 0 saturated carbocycles. The van der Waals surface area contributed by atoms with Crippen molar-refractivity contribution in [1.29, 1.82) is 0 Å². The van der Waals surface area contributed by atoms with Crippen LogP contribution >= 0.6 is 23.2 Å². The number of benzene rings is 1. The van der Waals surface area contributed by atoms with Gasteiger partial charge in [-0.15, -0.1) is 0 Å². The number of hydrogen-bond acceptors (Lipinski definition) is 1. The fourth-order valence-electron chi connectivity index (χ4n) is 2.94. The zero-order valence-electron chi connectivity index (χ0n) is 11.5. The summed E-state index contributed by atoms with van der Waals surface area (Å²) in [7, 11) is 1.99. The highest BCUT2D eigenvalue weighted by Crippen LogP contribution is 2.41. The van der Waals surface area contributed by atoms with Crippen LogP contribution in [0.5, 0.6) is 0 Å². The monoisotopic (exact) mass is 287 g/mol. The summed E-state index contributed by atoms with van der Waals surface area (Å²) < 4.78 is 0. The first kappa shape index (κ1) is 15.8. The van der Waals surface area contributed by atoms with Crippen LogP contribution in [-0.2, 0) is 5.41 Å². The lowest BCUT2D eigenvalue weighted by molar-refractivity contribution is 0.344. The second kappa shape index (κ2) is 7.37. The zero-order valence-corrected chi connectivity index (χ0v) is 13.0. The van der Waals surface area contributed by atoms with Crippen molar-refractivity contribution in [2.75, 3.05) is 13.6 Å². The fourth-order valence-corrected chi connectivity index (χ4v) is 3.74. The molecule has 0 radical (unpaired) electrons. The first-order valence-corrected chi connectivity index (χ1v) is 7.46. The molecule has 0 spiro atoms. The lowest BCUT2D eigenvalue weighted by atomic mass is 9.73. The Labute approximate surface area is 121 Å². The van der Waals surface area contributed by atoms with Crippen LogP contribution in [-0.4, -0.2) is 13.6 Å². The summed E-state index contributed by atoms with van der Waals surface area (Å²) in [5.41, 5.74) is 1.17. The first-order chi connectivity index (χ1) is 8.61. The van der Waals surface area contributed by atoms with Crippen molar-refractivity contribution in [2.45, 2.75) is 44.9 Å². The Kier molecular flexibility index (Phi) is 6.48. The lowest BCUT2D eigenvalue weighted by Gasteiger charge is -2.35. The number of halogens is 2. The summed E-state index contributed by atoms with van der Waals surface area (Å²) in [6.45, 7) is 5.34. The molecule has 18 heavy (non-hydrogen) atoms. The van der Waals surface area contributed by atoms with E-state index in [0.29, 0.717) is 0 Å². The Morgan fingerprint density at radius 3 is 1.94 bits per heavy atom. The summed E-state index contributed by atoms with van der Waals surface area (Å²) >= 11 is 12.8. The Bertz CT molecular complexity index is 339. The maximum Gasteiger partial charge on any atom is 0.0459 e. The van der Waals surface area contributed by atoms with E-state index in [1.165, 1.54) is 0 Å². The van der Waals surface area contributed by atoms with E-state index in [-0.39, 0.29) is 5.41 Å². The highest BCUT2D eigenvalue weighted by Gasteiger charge is 2.33. The van der Waals surface area contributed by atoms with Gasteiger partial charge in [-0.2, -0.15) is 0 Å². The van der Waals surface area contributed by atoms with E-state index in [1.54, 1.807) is 0 Å². The van der Waals surface area contributed by atoms with Crippen molar-refractivity contribution in [3.05, 3.63) is 33.8 Å². The quantitative estimate of drug-likeness (QED) is 0.740. The number of rotatable bonds is 7. The molecule has 0 fully saturated rings. The molecule has 1 rings (SSSR count). The molecule has 0 bridgehead atoms. The van der Waals surface area contributed by atoms with Gasteiger partial charge >= 0.3 is 0 Å². The molecule has 0 unspecified atom stereocenters. The van der Waals surface area contributed by atoms with Crippen LogP contribution in [0.3, 0.4) is 0 Å². The first-order valence-electron chi connectivity index (χ1n) is 6.70. The predicted molar refractivity (Wildman–Crippen MR) is 81.9 cm³/mol. The molecule has 0 atom stereocenters. The Morgan fingerprint density at radius 1 is 1.06 bits per heavy atom. The average molecular weight is 288 g/mol. The molecule has 0 aliphatic carbocycles. The standard InChI is InChI=1S/C15H23Cl2N/c1-4-9-15(10-5-2,11-18-3)14-12(16)7-6-8-13(14)17/h6-8,18H,4-5,9-11H2,1-3H3. The summed E-state index contributed by atoms with van der Waals surface area (Å²) in [6.07, 6.45) is 4.46. The third-order valence-corrected chi connectivity index (χ3v) is 4.10. The van der Waals surface area contributed by atoms with Crippen LogP contribution in [0.25, 0.3) is 0 Å². The molecule has 1 aromatic rings. The van der Waals surface area contributed by atoms with E-state index in [9.17, 15) is 0 Å². The molecule has 1 N–H and O–H groups in total. The molecule has 3 heteroatoms. The van der Waals surface area contributed by atoms with Gasteiger partial charge in [0.2, 0.25) is 0 Å². The minimum absolute atomic E-state index is 0.0493. The molecule has 0 saturated heterocycles. The second-order valence-corrected chi connectivity index (χ2v) is 5.72. The van der Waals surface area contributed by atoms with Crippen LogP contribution in [0.2, 0.25) is 10.0 Å². The Morgan fingerprint density at radius 2 is 1.56 bits per heavy atom. The largest absolute Gasteiger partial charge is 0.319 e. The topological polar surface area (TPSA) is 12.0 Å². The van der Waals surface area contributed by atoms with Crippen molar-refractivity contribution in [3.8, 4) is 0 Å². The fraction of sp³-hybridized carbons (Fsp3) is 0.600. The van der Waals surface area contributed by atoms with E-state index in [1.807, 2.05) is 25.2 Å². The molecule has 0 aliphatic rings. The third-order valence-electron chi connectivity index (χ3n) is 3.47. The van der Waals surface area contributed by atoms with Gasteiger partial charge in [0, 0.05) is 22.0 Å². The van der Waals surface area contributed by atoms with Gasteiger partial charge in [0.15, 0.2) is 0 Å². The van der Waals surface area contributed by atoms with E-state index >= 15 is 0 Å². The van der Waals surface area contributed by atoms with Crippen molar-refractivity contribution in [3.63, 3.8) is 0 Å². The molecular weight excluding hydrogens is 265 g/mol. The van der Waals surface area contributed by atoms with Crippen molar-refractivity contribution < 1.29 is 0 Å². The Hall–Kier alpha value is -0.240. The van der Waals surface area contributed by atoms with E-state index in [2.05, 4.69) is 19.2 Å². The summed E-state index contributed by atoms with van der Waals surface area (Å²) in [4.78, 5) is 0. The summed E-state index contributed by atoms with van der Waals surface area (Å²) in [5.74, 6) is 0. The number of hydrogen-bond donors (Lipinski definition) is 1. The average Bonchev–Trinajstić information content (AvgIpc) is 2.29. The molecule has 0 aliphatic heterocycles. The van der Waals surface area contributed by atoms with E-state index in [4.69, 9.17) is 23.2 Å². The number of likely N-dealkylation sites (N-methyl/N-ethyl adjacent to an activating group) is 1. The van der Waals surface area contributed by atoms with Crippen LogP contribution in [0.1, 0.15) is 45.1 Å². The molecule has 102 valence electrons. The van der Waals surface area contributed by atoms with Gasteiger partial charge in [0.25, 0.3) is 0 Å². The highest BCUT2D eigenvalue weighted by atomic mass is 35.5. The van der Waals surface area contributed by atoms with Gasteiger partial charge in [0.05, 0.1) is 0 Å². The highest BCUT2D eigenvalue weighted by molar-refractivity contribution is 6.36. The number of nitrogens with one attached hydrogen (secondary N) is 1. The SMILES string of the molecule is CCCC(CCC)(CNC)c1c(Cl)cccc1Cl. The van der Waals surface area contributed by atoms with Gasteiger partial charge in [-0.05, 0) is 37.6 Å². The van der Waals surface area contributed by atoms with Crippen molar-refractivity contribution in [1.82, 2.24) is 5.32 Å². The van der Waals surface area contributed by atoms with Gasteiger partial charge in [-0.1, -0.05) is 56.0 Å². The Balaban J connectivity index is 3.30. The molecule has 1 nitrogen and oxygen atoms in total.